The van der Waals surface area contributed by atoms with Gasteiger partial charge in [-0.1, -0.05) is 59.9 Å². The minimum atomic E-state index is -2.20. The van der Waals surface area contributed by atoms with Crippen molar-refractivity contribution in [3.8, 4) is 0 Å². The van der Waals surface area contributed by atoms with Gasteiger partial charge in [-0.15, -0.1) is 0 Å². The molecule has 0 radical (unpaired) electrons. The van der Waals surface area contributed by atoms with Crippen molar-refractivity contribution in [2.24, 2.45) is 0 Å². The Bertz CT molecular complexity index is 670. The summed E-state index contributed by atoms with van der Waals surface area (Å²) in [6, 6.07) is 30.8. The van der Waals surface area contributed by atoms with Gasteiger partial charge in [0.15, 0.2) is 0 Å². The zero-order valence-electron chi connectivity index (χ0n) is 12.8. The molecular weight excluding hydrogens is 299 g/mol. The third-order valence-electron chi connectivity index (χ3n) is 4.02. The molecule has 0 fully saturated rings. The van der Waals surface area contributed by atoms with Gasteiger partial charge in [0.1, 0.15) is 23.2 Å². The first-order chi connectivity index (χ1) is 11.3. The predicted octanol–water partition coefficient (Wildman–Crippen LogP) is 3.29. The standard InChI is InChI=1S/C21H19OP/c1-18(17-22)23(19-11-5-2-6-12-19,20-13-7-3-8-14-20)21-15-9-4-10-16-21/h1-16,22H,17H2. The number of hydrogen-bond donors (Lipinski definition) is 1. The molecule has 0 bridgehead atoms. The first-order valence-corrected chi connectivity index (χ1v) is 9.37. The summed E-state index contributed by atoms with van der Waals surface area (Å²) in [5.74, 6) is 0. The highest BCUT2D eigenvalue weighted by Crippen LogP contribution is 2.61. The van der Waals surface area contributed by atoms with Gasteiger partial charge in [0.05, 0.1) is 6.61 Å². The smallest absolute Gasteiger partial charge is 0.106 e. The molecule has 0 spiro atoms. The van der Waals surface area contributed by atoms with Crippen LogP contribution in [0.15, 0.2) is 96.3 Å². The normalized spacial score (nSPS) is 11.2. The number of benzene rings is 3. The summed E-state index contributed by atoms with van der Waals surface area (Å²) in [6.45, 7) is 6.33. The van der Waals surface area contributed by atoms with Gasteiger partial charge in [0, 0.05) is 0 Å². The summed E-state index contributed by atoms with van der Waals surface area (Å²) in [4.78, 5) is 0. The Hall–Kier alpha value is -2.21. The second-order valence-corrected chi connectivity index (χ2v) is 8.79. The molecule has 0 saturated carbocycles. The first-order valence-electron chi connectivity index (χ1n) is 7.58. The molecule has 0 amide bonds. The van der Waals surface area contributed by atoms with E-state index in [1.807, 2.05) is 54.6 Å². The van der Waals surface area contributed by atoms with Crippen LogP contribution in [0.5, 0.6) is 0 Å². The maximum absolute atomic E-state index is 9.92. The van der Waals surface area contributed by atoms with Crippen molar-refractivity contribution in [3.63, 3.8) is 0 Å². The van der Waals surface area contributed by atoms with Crippen LogP contribution in [0.3, 0.4) is 0 Å². The molecule has 0 heterocycles. The Labute approximate surface area is 138 Å². The van der Waals surface area contributed by atoms with Gasteiger partial charge in [0.25, 0.3) is 0 Å². The monoisotopic (exact) mass is 318 g/mol. The summed E-state index contributed by atoms with van der Waals surface area (Å²) < 4.78 is 0. The van der Waals surface area contributed by atoms with Crippen molar-refractivity contribution in [1.29, 1.82) is 0 Å². The fraction of sp³-hybridized carbons (Fsp3) is 0.0476. The highest BCUT2D eigenvalue weighted by Gasteiger charge is 2.44. The van der Waals surface area contributed by atoms with E-state index in [1.165, 1.54) is 0 Å². The van der Waals surface area contributed by atoms with Crippen molar-refractivity contribution >= 4 is 23.2 Å². The molecule has 0 atom stereocenters. The van der Waals surface area contributed by atoms with Gasteiger partial charge in [0.2, 0.25) is 0 Å². The van der Waals surface area contributed by atoms with E-state index in [0.717, 1.165) is 15.9 Å². The van der Waals surface area contributed by atoms with E-state index in [9.17, 15) is 5.11 Å². The molecule has 2 heteroatoms. The van der Waals surface area contributed by atoms with Gasteiger partial charge in [-0.2, -0.15) is 0 Å². The lowest BCUT2D eigenvalue weighted by atomic mass is 10.4. The number of aliphatic hydroxyl groups excluding tert-OH is 1. The average molecular weight is 318 g/mol. The van der Waals surface area contributed by atoms with Crippen LogP contribution in [0.4, 0.5) is 0 Å². The lowest BCUT2D eigenvalue weighted by molar-refractivity contribution is 0.339. The quantitative estimate of drug-likeness (QED) is 0.565. The lowest BCUT2D eigenvalue weighted by Gasteiger charge is -2.32. The molecule has 3 aromatic carbocycles. The number of rotatable bonds is 5. The topological polar surface area (TPSA) is 20.2 Å². The fourth-order valence-corrected chi connectivity index (χ4v) is 6.97. The molecule has 1 N–H and O–H groups in total. The summed E-state index contributed by atoms with van der Waals surface area (Å²) in [5.41, 5.74) is 0. The first kappa shape index (κ1) is 15.7. The summed E-state index contributed by atoms with van der Waals surface area (Å²) in [6.07, 6.45) is 0. The van der Waals surface area contributed by atoms with Crippen molar-refractivity contribution in [3.05, 3.63) is 103 Å². The molecule has 0 unspecified atom stereocenters. The fourth-order valence-electron chi connectivity index (χ4n) is 3.01. The molecule has 0 aliphatic rings. The third kappa shape index (κ3) is 2.74. The van der Waals surface area contributed by atoms with Crippen LogP contribution in [-0.2, 0) is 0 Å². The molecule has 0 aliphatic heterocycles. The largest absolute Gasteiger partial charge is 0.469 e. The lowest BCUT2D eigenvalue weighted by Crippen LogP contribution is -2.33. The Morgan fingerprint density at radius 2 is 0.957 bits per heavy atom. The van der Waals surface area contributed by atoms with Crippen LogP contribution in [0.25, 0.3) is 0 Å². The molecular formula is C21H19OP. The van der Waals surface area contributed by atoms with E-state index < -0.39 is 7.26 Å². The molecule has 0 aliphatic carbocycles. The van der Waals surface area contributed by atoms with Gasteiger partial charge in [-0.05, 0) is 36.4 Å². The van der Waals surface area contributed by atoms with Gasteiger partial charge in [-0.25, -0.2) is 0 Å². The van der Waals surface area contributed by atoms with Crippen LogP contribution >= 0.6 is 7.26 Å². The average Bonchev–Trinajstić information content (AvgIpc) is 2.65. The molecule has 0 aromatic heterocycles. The molecule has 1 nitrogen and oxygen atoms in total. The molecule has 3 aromatic rings. The van der Waals surface area contributed by atoms with Crippen molar-refractivity contribution in [2.75, 3.05) is 6.61 Å². The second-order valence-electron chi connectivity index (χ2n) is 5.33. The maximum Gasteiger partial charge on any atom is 0.106 e. The van der Waals surface area contributed by atoms with Crippen molar-refractivity contribution in [1.82, 2.24) is 0 Å². The summed E-state index contributed by atoms with van der Waals surface area (Å²) >= 11 is 0. The van der Waals surface area contributed by atoms with E-state index in [1.54, 1.807) is 0 Å². The summed E-state index contributed by atoms with van der Waals surface area (Å²) in [7, 11) is -2.20. The SMILES string of the molecule is [CH-]=C(CO)[P+](c1ccccc1)(c1ccccc1)c1ccccc1. The van der Waals surface area contributed by atoms with Crippen molar-refractivity contribution in [2.45, 2.75) is 0 Å². The second kappa shape index (κ2) is 6.91. The van der Waals surface area contributed by atoms with E-state index >= 15 is 0 Å². The van der Waals surface area contributed by atoms with Gasteiger partial charge >= 0.3 is 0 Å². The Morgan fingerprint density at radius 1 is 0.652 bits per heavy atom. The van der Waals surface area contributed by atoms with E-state index in [2.05, 4.69) is 36.4 Å². The Morgan fingerprint density at radius 3 is 1.22 bits per heavy atom. The highest BCUT2D eigenvalue weighted by atomic mass is 31.2. The molecule has 23 heavy (non-hydrogen) atoms. The van der Waals surface area contributed by atoms with E-state index in [0.29, 0.717) is 5.31 Å². The summed E-state index contributed by atoms with van der Waals surface area (Å²) in [5, 5.41) is 14.0. The van der Waals surface area contributed by atoms with Crippen LogP contribution < -0.4 is 15.9 Å². The molecule has 3 rings (SSSR count). The van der Waals surface area contributed by atoms with Crippen LogP contribution in [0.2, 0.25) is 0 Å². The minimum absolute atomic E-state index is 0.132. The van der Waals surface area contributed by atoms with Crippen molar-refractivity contribution < 1.29 is 5.11 Å². The maximum atomic E-state index is 9.92. The highest BCUT2D eigenvalue weighted by molar-refractivity contribution is 7.99. The Balaban J connectivity index is 2.38. The zero-order valence-corrected chi connectivity index (χ0v) is 13.7. The van der Waals surface area contributed by atoms with E-state index in [4.69, 9.17) is 6.58 Å². The van der Waals surface area contributed by atoms with Crippen LogP contribution in [0.1, 0.15) is 0 Å². The zero-order chi connectivity index (χ0) is 16.1. The van der Waals surface area contributed by atoms with Gasteiger partial charge < -0.3 is 11.7 Å². The van der Waals surface area contributed by atoms with Gasteiger partial charge in [-0.3, -0.25) is 0 Å². The number of aliphatic hydroxyl groups is 1. The molecule has 114 valence electrons. The minimum Gasteiger partial charge on any atom is -0.469 e. The predicted molar refractivity (Wildman–Crippen MR) is 100 cm³/mol. The Kier molecular flexibility index (Phi) is 4.71. The van der Waals surface area contributed by atoms with E-state index in [-0.39, 0.29) is 6.61 Å². The molecule has 0 saturated heterocycles. The van der Waals surface area contributed by atoms with Crippen LogP contribution in [-0.4, -0.2) is 11.7 Å². The number of hydrogen-bond acceptors (Lipinski definition) is 1. The van der Waals surface area contributed by atoms with Crippen LogP contribution in [0, 0.1) is 6.58 Å². The third-order valence-corrected chi connectivity index (χ3v) is 8.24.